The van der Waals surface area contributed by atoms with E-state index in [1.807, 2.05) is 60.7 Å². The monoisotopic (exact) mass is 354 g/mol. The SMILES string of the molecule is Nc1ccccc1.Nc1ccccc1.c1ccc(Cc2ccccc2)cc1. The molecule has 0 aromatic heterocycles. The first-order valence-electron chi connectivity index (χ1n) is 8.93. The molecule has 0 saturated heterocycles. The molecular weight excluding hydrogens is 328 g/mol. The molecule has 4 rings (SSSR count). The molecule has 0 atom stereocenters. The highest BCUT2D eigenvalue weighted by molar-refractivity contribution is 5.36. The molecule has 136 valence electrons. The number of nitrogen functional groups attached to an aromatic ring is 2. The van der Waals surface area contributed by atoms with Gasteiger partial charge in [0, 0.05) is 11.4 Å². The van der Waals surface area contributed by atoms with Gasteiger partial charge in [-0.3, -0.25) is 0 Å². The van der Waals surface area contributed by atoms with Crippen LogP contribution in [0.15, 0.2) is 121 Å². The van der Waals surface area contributed by atoms with Gasteiger partial charge in [-0.2, -0.15) is 0 Å². The summed E-state index contributed by atoms with van der Waals surface area (Å²) >= 11 is 0. The number of rotatable bonds is 2. The van der Waals surface area contributed by atoms with E-state index in [2.05, 4.69) is 60.7 Å². The van der Waals surface area contributed by atoms with Gasteiger partial charge in [-0.05, 0) is 41.8 Å². The maximum absolute atomic E-state index is 5.36. The van der Waals surface area contributed by atoms with Crippen LogP contribution in [0.1, 0.15) is 11.1 Å². The van der Waals surface area contributed by atoms with Gasteiger partial charge >= 0.3 is 0 Å². The van der Waals surface area contributed by atoms with Crippen molar-refractivity contribution in [3.63, 3.8) is 0 Å². The topological polar surface area (TPSA) is 52.0 Å². The average molecular weight is 354 g/mol. The van der Waals surface area contributed by atoms with Crippen LogP contribution in [0.3, 0.4) is 0 Å². The quantitative estimate of drug-likeness (QED) is 0.446. The van der Waals surface area contributed by atoms with Crippen LogP contribution in [-0.4, -0.2) is 0 Å². The molecule has 2 heteroatoms. The van der Waals surface area contributed by atoms with Crippen LogP contribution in [0.25, 0.3) is 0 Å². The van der Waals surface area contributed by atoms with E-state index in [9.17, 15) is 0 Å². The van der Waals surface area contributed by atoms with Gasteiger partial charge in [-0.25, -0.2) is 0 Å². The molecule has 4 aromatic rings. The van der Waals surface area contributed by atoms with Gasteiger partial charge < -0.3 is 11.5 Å². The predicted octanol–water partition coefficient (Wildman–Crippen LogP) is 5.82. The summed E-state index contributed by atoms with van der Waals surface area (Å²) in [6.07, 6.45) is 1.03. The van der Waals surface area contributed by atoms with Crippen LogP contribution >= 0.6 is 0 Å². The van der Waals surface area contributed by atoms with Crippen molar-refractivity contribution in [2.45, 2.75) is 6.42 Å². The predicted molar refractivity (Wildman–Crippen MR) is 117 cm³/mol. The molecule has 0 aliphatic rings. The molecule has 0 saturated carbocycles. The Hall–Kier alpha value is -3.52. The molecule has 4 N–H and O–H groups in total. The normalized spacial score (nSPS) is 9.19. The highest BCUT2D eigenvalue weighted by Gasteiger charge is 1.92. The highest BCUT2D eigenvalue weighted by Crippen LogP contribution is 2.07. The fourth-order valence-electron chi connectivity index (χ4n) is 2.33. The van der Waals surface area contributed by atoms with E-state index in [0.29, 0.717) is 0 Å². The molecule has 0 bridgehead atoms. The summed E-state index contributed by atoms with van der Waals surface area (Å²) in [5.74, 6) is 0. The average Bonchev–Trinajstić information content (AvgIpc) is 2.72. The Morgan fingerprint density at radius 1 is 0.370 bits per heavy atom. The summed E-state index contributed by atoms with van der Waals surface area (Å²) in [7, 11) is 0. The standard InChI is InChI=1S/C13H12.2C6H7N/c1-3-7-12(8-4-1)11-13-9-5-2-6-10-13;2*7-6-4-2-1-3-5-6/h1-10H,11H2;2*1-5H,7H2. The van der Waals surface area contributed by atoms with Gasteiger partial charge in [0.05, 0.1) is 0 Å². The molecule has 0 amide bonds. The zero-order valence-electron chi connectivity index (χ0n) is 15.4. The van der Waals surface area contributed by atoms with Crippen molar-refractivity contribution in [3.05, 3.63) is 132 Å². The van der Waals surface area contributed by atoms with Crippen molar-refractivity contribution in [1.29, 1.82) is 0 Å². The van der Waals surface area contributed by atoms with Crippen molar-refractivity contribution in [1.82, 2.24) is 0 Å². The first-order chi connectivity index (χ1) is 13.2. The zero-order valence-corrected chi connectivity index (χ0v) is 15.4. The maximum Gasteiger partial charge on any atom is 0.0313 e. The number of para-hydroxylation sites is 2. The zero-order chi connectivity index (χ0) is 19.2. The van der Waals surface area contributed by atoms with Gasteiger partial charge in [0.2, 0.25) is 0 Å². The van der Waals surface area contributed by atoms with Gasteiger partial charge in [0.15, 0.2) is 0 Å². The smallest absolute Gasteiger partial charge is 0.0313 e. The maximum atomic E-state index is 5.36. The van der Waals surface area contributed by atoms with Crippen LogP contribution in [0, 0.1) is 0 Å². The second-order valence-corrected chi connectivity index (χ2v) is 5.97. The van der Waals surface area contributed by atoms with E-state index >= 15 is 0 Å². The fraction of sp³-hybridized carbons (Fsp3) is 0.0400. The molecule has 0 fully saturated rings. The van der Waals surface area contributed by atoms with Crippen LogP contribution in [-0.2, 0) is 6.42 Å². The highest BCUT2D eigenvalue weighted by atomic mass is 14.5. The summed E-state index contributed by atoms with van der Waals surface area (Å²) in [5.41, 5.74) is 15.1. The van der Waals surface area contributed by atoms with Crippen LogP contribution < -0.4 is 11.5 Å². The van der Waals surface area contributed by atoms with Gasteiger partial charge in [-0.1, -0.05) is 97.1 Å². The minimum Gasteiger partial charge on any atom is -0.399 e. The molecule has 0 heterocycles. The first-order valence-corrected chi connectivity index (χ1v) is 8.93. The minimum absolute atomic E-state index is 0.822. The lowest BCUT2D eigenvalue weighted by Gasteiger charge is -2.00. The summed E-state index contributed by atoms with van der Waals surface area (Å²) < 4.78 is 0. The van der Waals surface area contributed by atoms with E-state index < -0.39 is 0 Å². The van der Waals surface area contributed by atoms with Gasteiger partial charge in [-0.15, -0.1) is 0 Å². The molecule has 0 spiro atoms. The fourth-order valence-corrected chi connectivity index (χ4v) is 2.33. The number of anilines is 2. The second-order valence-electron chi connectivity index (χ2n) is 5.97. The van der Waals surface area contributed by atoms with Crippen molar-refractivity contribution < 1.29 is 0 Å². The van der Waals surface area contributed by atoms with Gasteiger partial charge in [0.1, 0.15) is 0 Å². The Balaban J connectivity index is 0.000000159. The lowest BCUT2D eigenvalue weighted by atomic mass is 10.1. The van der Waals surface area contributed by atoms with Gasteiger partial charge in [0.25, 0.3) is 0 Å². The van der Waals surface area contributed by atoms with E-state index in [-0.39, 0.29) is 0 Å². The second kappa shape index (κ2) is 11.9. The number of hydrogen-bond donors (Lipinski definition) is 2. The minimum atomic E-state index is 0.822. The molecule has 0 aliphatic heterocycles. The molecule has 4 aromatic carbocycles. The Kier molecular flexibility index (Phi) is 8.75. The summed E-state index contributed by atoms with van der Waals surface area (Å²) in [4.78, 5) is 0. The lowest BCUT2D eigenvalue weighted by molar-refractivity contribution is 1.19. The first kappa shape index (κ1) is 19.8. The third-order valence-corrected chi connectivity index (χ3v) is 3.69. The van der Waals surface area contributed by atoms with Crippen molar-refractivity contribution in [2.24, 2.45) is 0 Å². The lowest BCUT2D eigenvalue weighted by Crippen LogP contribution is -1.85. The van der Waals surface area contributed by atoms with E-state index in [1.54, 1.807) is 0 Å². The van der Waals surface area contributed by atoms with Crippen molar-refractivity contribution >= 4 is 11.4 Å². The molecule has 0 aliphatic carbocycles. The third kappa shape index (κ3) is 8.94. The van der Waals surface area contributed by atoms with Crippen molar-refractivity contribution in [3.8, 4) is 0 Å². The van der Waals surface area contributed by atoms with Crippen LogP contribution in [0.5, 0.6) is 0 Å². The summed E-state index contributed by atoms with van der Waals surface area (Å²) in [6, 6.07) is 40.0. The van der Waals surface area contributed by atoms with E-state index in [1.165, 1.54) is 11.1 Å². The molecular formula is C25H26N2. The number of nitrogens with two attached hydrogens (primary N) is 2. The molecule has 0 radical (unpaired) electrons. The van der Waals surface area contributed by atoms with Crippen molar-refractivity contribution in [2.75, 3.05) is 11.5 Å². The summed E-state index contributed by atoms with van der Waals surface area (Å²) in [5, 5.41) is 0. The number of hydrogen-bond acceptors (Lipinski definition) is 2. The Labute approximate surface area is 162 Å². The molecule has 0 unspecified atom stereocenters. The summed E-state index contributed by atoms with van der Waals surface area (Å²) in [6.45, 7) is 0. The molecule has 27 heavy (non-hydrogen) atoms. The Morgan fingerprint density at radius 3 is 0.852 bits per heavy atom. The molecule has 2 nitrogen and oxygen atoms in total. The third-order valence-electron chi connectivity index (χ3n) is 3.69. The van der Waals surface area contributed by atoms with E-state index in [0.717, 1.165) is 17.8 Å². The Bertz CT molecular complexity index is 771. The van der Waals surface area contributed by atoms with Crippen LogP contribution in [0.4, 0.5) is 11.4 Å². The largest absolute Gasteiger partial charge is 0.399 e. The number of benzene rings is 4. The Morgan fingerprint density at radius 2 is 0.630 bits per heavy atom. The van der Waals surface area contributed by atoms with E-state index in [4.69, 9.17) is 11.5 Å². The van der Waals surface area contributed by atoms with Crippen LogP contribution in [0.2, 0.25) is 0 Å².